The van der Waals surface area contributed by atoms with E-state index in [0.717, 1.165) is 31.7 Å². The first kappa shape index (κ1) is 16.3. The minimum absolute atomic E-state index is 0.0894. The van der Waals surface area contributed by atoms with Gasteiger partial charge in [0.25, 0.3) is 0 Å². The quantitative estimate of drug-likeness (QED) is 0.808. The Balaban J connectivity index is 1.90. The van der Waals surface area contributed by atoms with Gasteiger partial charge in [0.15, 0.2) is 0 Å². The van der Waals surface area contributed by atoms with E-state index in [1.54, 1.807) is 0 Å². The normalized spacial score (nSPS) is 17.9. The number of para-hydroxylation sites is 1. The van der Waals surface area contributed by atoms with Crippen molar-refractivity contribution in [1.29, 1.82) is 0 Å². The Morgan fingerprint density at radius 2 is 1.90 bits per heavy atom. The highest BCUT2D eigenvalue weighted by molar-refractivity contribution is 5.33. The fourth-order valence-electron chi connectivity index (χ4n) is 3.17. The van der Waals surface area contributed by atoms with Crippen LogP contribution in [0.15, 0.2) is 24.3 Å². The monoisotopic (exact) mass is 291 g/mol. The van der Waals surface area contributed by atoms with Gasteiger partial charge in [-0.2, -0.15) is 0 Å². The summed E-state index contributed by atoms with van der Waals surface area (Å²) >= 11 is 0. The van der Waals surface area contributed by atoms with Gasteiger partial charge in [-0.25, -0.2) is 0 Å². The number of ether oxygens (including phenoxy) is 1. The maximum atomic E-state index is 9.75. The molecular weight excluding hydrogens is 262 g/mol. The van der Waals surface area contributed by atoms with E-state index in [-0.39, 0.29) is 11.5 Å². The molecule has 0 spiro atoms. The fraction of sp³-hybridized carbons (Fsp3) is 0.667. The van der Waals surface area contributed by atoms with Gasteiger partial charge in [0.05, 0.1) is 6.10 Å². The minimum Gasteiger partial charge on any atom is -0.491 e. The smallest absolute Gasteiger partial charge is 0.124 e. The fourth-order valence-corrected chi connectivity index (χ4v) is 3.17. The number of aliphatic hydroxyl groups is 1. The van der Waals surface area contributed by atoms with Crippen molar-refractivity contribution in [3.05, 3.63) is 29.8 Å². The molecule has 2 rings (SSSR count). The Bertz CT molecular complexity index is 425. The third-order valence-electron chi connectivity index (χ3n) is 4.40. The molecule has 1 aliphatic rings. The van der Waals surface area contributed by atoms with Crippen LogP contribution in [0.3, 0.4) is 0 Å². The molecule has 1 aromatic rings. The molecule has 1 saturated carbocycles. The van der Waals surface area contributed by atoms with Crippen molar-refractivity contribution in [2.24, 2.45) is 5.41 Å². The van der Waals surface area contributed by atoms with Crippen LogP contribution in [0.4, 0.5) is 0 Å². The summed E-state index contributed by atoms with van der Waals surface area (Å²) in [6, 6.07) is 8.20. The van der Waals surface area contributed by atoms with Gasteiger partial charge in [-0.3, -0.25) is 0 Å². The molecule has 21 heavy (non-hydrogen) atoms. The van der Waals surface area contributed by atoms with Gasteiger partial charge in [-0.05, 0) is 32.8 Å². The van der Waals surface area contributed by atoms with Crippen LogP contribution < -0.4 is 10.1 Å². The van der Waals surface area contributed by atoms with Crippen LogP contribution in [0.5, 0.6) is 5.75 Å². The summed E-state index contributed by atoms with van der Waals surface area (Å²) in [6.45, 7) is 6.08. The molecule has 2 N–H and O–H groups in total. The third kappa shape index (κ3) is 4.72. The van der Waals surface area contributed by atoms with Crippen LogP contribution in [0, 0.1) is 5.41 Å². The van der Waals surface area contributed by atoms with E-state index in [1.165, 1.54) is 24.8 Å². The van der Waals surface area contributed by atoms with E-state index < -0.39 is 0 Å². The average Bonchev–Trinajstić information content (AvgIpc) is 2.49. The van der Waals surface area contributed by atoms with Crippen LogP contribution >= 0.6 is 0 Å². The molecule has 3 heteroatoms. The predicted octanol–water partition coefficient (Wildman–Crippen LogP) is 3.51. The third-order valence-corrected chi connectivity index (χ3v) is 4.40. The Morgan fingerprint density at radius 3 is 2.57 bits per heavy atom. The maximum absolute atomic E-state index is 9.75. The lowest BCUT2D eigenvalue weighted by molar-refractivity contribution is 0.0809. The zero-order valence-electron chi connectivity index (χ0n) is 13.4. The number of hydrogen-bond acceptors (Lipinski definition) is 3. The van der Waals surface area contributed by atoms with Gasteiger partial charge < -0.3 is 15.2 Å². The highest BCUT2D eigenvalue weighted by atomic mass is 16.5. The lowest BCUT2D eigenvalue weighted by Gasteiger charge is -2.36. The molecule has 0 amide bonds. The number of rotatable bonds is 7. The molecule has 0 saturated heterocycles. The van der Waals surface area contributed by atoms with Crippen molar-refractivity contribution < 1.29 is 9.84 Å². The van der Waals surface area contributed by atoms with Crippen LogP contribution in [-0.4, -0.2) is 24.4 Å². The van der Waals surface area contributed by atoms with E-state index in [0.29, 0.717) is 6.61 Å². The van der Waals surface area contributed by atoms with Crippen molar-refractivity contribution in [2.75, 3.05) is 13.2 Å². The molecule has 3 nitrogen and oxygen atoms in total. The second-order valence-electron chi connectivity index (χ2n) is 6.60. The molecule has 1 aromatic carbocycles. The molecule has 0 aromatic heterocycles. The summed E-state index contributed by atoms with van der Waals surface area (Å²) in [7, 11) is 0. The van der Waals surface area contributed by atoms with Crippen LogP contribution in [0.1, 0.15) is 51.5 Å². The Morgan fingerprint density at radius 1 is 1.19 bits per heavy atom. The summed E-state index contributed by atoms with van der Waals surface area (Å²) in [4.78, 5) is 0. The van der Waals surface area contributed by atoms with E-state index in [4.69, 9.17) is 4.74 Å². The summed E-state index contributed by atoms with van der Waals surface area (Å²) in [6.07, 6.45) is 6.27. The van der Waals surface area contributed by atoms with Gasteiger partial charge in [0, 0.05) is 30.7 Å². The number of benzene rings is 1. The van der Waals surface area contributed by atoms with Crippen LogP contribution in [0.2, 0.25) is 0 Å². The molecule has 0 atom stereocenters. The molecule has 118 valence electrons. The van der Waals surface area contributed by atoms with E-state index in [9.17, 15) is 5.11 Å². The average molecular weight is 291 g/mol. The van der Waals surface area contributed by atoms with Gasteiger partial charge in [-0.15, -0.1) is 0 Å². The molecule has 1 aliphatic carbocycles. The summed E-state index contributed by atoms with van der Waals surface area (Å²) in [5.41, 5.74) is 1.28. The summed E-state index contributed by atoms with van der Waals surface area (Å²) in [5, 5.41) is 13.3. The van der Waals surface area contributed by atoms with Gasteiger partial charge in [0.1, 0.15) is 5.75 Å². The maximum Gasteiger partial charge on any atom is 0.124 e. The lowest BCUT2D eigenvalue weighted by Crippen LogP contribution is -2.38. The van der Waals surface area contributed by atoms with E-state index >= 15 is 0 Å². The van der Waals surface area contributed by atoms with Crippen molar-refractivity contribution in [3.63, 3.8) is 0 Å². The number of aliphatic hydroxyl groups excluding tert-OH is 1. The Hall–Kier alpha value is -1.06. The molecule has 1 fully saturated rings. The van der Waals surface area contributed by atoms with Crippen molar-refractivity contribution in [3.8, 4) is 5.75 Å². The zero-order valence-corrected chi connectivity index (χ0v) is 13.4. The van der Waals surface area contributed by atoms with E-state index in [2.05, 4.69) is 11.4 Å². The Kier molecular flexibility index (Phi) is 6.07. The number of nitrogens with one attached hydrogen (secondary N) is 1. The summed E-state index contributed by atoms with van der Waals surface area (Å²) < 4.78 is 5.85. The predicted molar refractivity (Wildman–Crippen MR) is 86.5 cm³/mol. The van der Waals surface area contributed by atoms with Gasteiger partial charge in [0.2, 0.25) is 0 Å². The van der Waals surface area contributed by atoms with Crippen molar-refractivity contribution >= 4 is 0 Å². The molecule has 0 heterocycles. The molecule has 0 unspecified atom stereocenters. The highest BCUT2D eigenvalue weighted by Gasteiger charge is 2.30. The molecular formula is C18H29NO2. The molecule has 0 radical (unpaired) electrons. The highest BCUT2D eigenvalue weighted by Crippen LogP contribution is 2.35. The van der Waals surface area contributed by atoms with Crippen LogP contribution in [-0.2, 0) is 6.54 Å². The first-order valence-corrected chi connectivity index (χ1v) is 8.21. The number of hydrogen-bond donors (Lipinski definition) is 2. The minimum atomic E-state index is 0.0894. The van der Waals surface area contributed by atoms with Crippen molar-refractivity contribution in [1.82, 2.24) is 5.32 Å². The Labute approximate surface area is 128 Å². The van der Waals surface area contributed by atoms with Crippen LogP contribution in [0.25, 0.3) is 0 Å². The second kappa shape index (κ2) is 7.81. The van der Waals surface area contributed by atoms with Gasteiger partial charge >= 0.3 is 0 Å². The zero-order chi connectivity index (χ0) is 15.1. The summed E-state index contributed by atoms with van der Waals surface area (Å²) in [5.74, 6) is 0.960. The molecule has 0 bridgehead atoms. The van der Waals surface area contributed by atoms with Crippen molar-refractivity contribution in [2.45, 2.75) is 58.6 Å². The topological polar surface area (TPSA) is 41.5 Å². The largest absolute Gasteiger partial charge is 0.491 e. The lowest BCUT2D eigenvalue weighted by atomic mass is 9.74. The SMILES string of the molecule is CC(C)Oc1ccccc1CNCC1(CO)CCCCC1. The first-order valence-electron chi connectivity index (χ1n) is 8.21. The standard InChI is InChI=1S/C18H29NO2/c1-15(2)21-17-9-5-4-8-16(17)12-19-13-18(14-20)10-6-3-7-11-18/h4-5,8-9,15,19-20H,3,6-7,10-14H2,1-2H3. The second-order valence-corrected chi connectivity index (χ2v) is 6.60. The van der Waals surface area contributed by atoms with Gasteiger partial charge in [-0.1, -0.05) is 37.5 Å². The van der Waals surface area contributed by atoms with E-state index in [1.807, 2.05) is 32.0 Å². The molecule has 0 aliphatic heterocycles. The first-order chi connectivity index (χ1) is 10.2.